The van der Waals surface area contributed by atoms with E-state index < -0.39 is 0 Å². The number of nitrogen functional groups attached to an aromatic ring is 1. The Morgan fingerprint density at radius 2 is 1.65 bits per heavy atom. The second-order valence-corrected chi connectivity index (χ2v) is 8.60. The van der Waals surface area contributed by atoms with Gasteiger partial charge in [0.2, 0.25) is 0 Å². The Morgan fingerprint density at radius 1 is 0.824 bits per heavy atom. The molecular weight excluding hydrogens is 420 g/mol. The quantitative estimate of drug-likeness (QED) is 0.373. The second-order valence-electron chi connectivity index (χ2n) is 8.60. The highest BCUT2D eigenvalue weighted by atomic mass is 15.1. The number of nitrogens with one attached hydrogen (secondary N) is 1. The molecule has 1 atom stereocenters. The third kappa shape index (κ3) is 3.73. The number of nitrogens with zero attached hydrogens (tertiary/aromatic N) is 4. The monoisotopic (exact) mass is 444 g/mol. The molecule has 0 aliphatic heterocycles. The van der Waals surface area contributed by atoms with Crippen molar-refractivity contribution in [1.29, 1.82) is 0 Å². The number of aromatic nitrogens is 4. The number of hydrogen-bond donors (Lipinski definition) is 2. The normalized spacial score (nSPS) is 14.8. The summed E-state index contributed by atoms with van der Waals surface area (Å²) in [5, 5.41) is 4.53. The molecule has 1 aliphatic carbocycles. The van der Waals surface area contributed by atoms with Crippen molar-refractivity contribution in [3.05, 3.63) is 96.4 Å². The van der Waals surface area contributed by atoms with E-state index in [1.807, 2.05) is 60.8 Å². The lowest BCUT2D eigenvalue weighted by molar-refractivity contribution is 0.693. The van der Waals surface area contributed by atoms with Gasteiger partial charge in [0.25, 0.3) is 0 Å². The zero-order valence-electron chi connectivity index (χ0n) is 18.6. The van der Waals surface area contributed by atoms with Crippen LogP contribution in [0.4, 0.5) is 11.6 Å². The highest BCUT2D eigenvalue weighted by Gasteiger charge is 2.24. The third-order valence-corrected chi connectivity index (χ3v) is 6.44. The Kier molecular flexibility index (Phi) is 5.11. The molecule has 0 amide bonds. The summed E-state index contributed by atoms with van der Waals surface area (Å²) in [6.07, 6.45) is 5.80. The zero-order valence-corrected chi connectivity index (χ0v) is 18.6. The number of fused-ring (bicyclic) bond motifs is 2. The number of anilines is 2. The van der Waals surface area contributed by atoms with Crippen LogP contribution in [0.15, 0.2) is 85.2 Å². The number of aryl methyl sites for hydroxylation is 1. The first-order chi connectivity index (χ1) is 16.8. The summed E-state index contributed by atoms with van der Waals surface area (Å²) in [5.41, 5.74) is 13.4. The average Bonchev–Trinajstić information content (AvgIpc) is 3.31. The van der Waals surface area contributed by atoms with Crippen LogP contribution < -0.4 is 11.1 Å². The van der Waals surface area contributed by atoms with Gasteiger partial charge < -0.3 is 11.1 Å². The Bertz CT molecular complexity index is 1480. The number of nitrogens with two attached hydrogens (primary N) is 1. The van der Waals surface area contributed by atoms with E-state index in [9.17, 15) is 0 Å². The molecule has 0 radical (unpaired) electrons. The summed E-state index contributed by atoms with van der Waals surface area (Å²) in [6.45, 7) is 0.717. The molecule has 6 heteroatoms. The fraction of sp³-hybridized carbons (Fsp3) is 0.143. The first-order valence-corrected chi connectivity index (χ1v) is 11.5. The number of hydrogen-bond acceptors (Lipinski definition) is 6. The van der Waals surface area contributed by atoms with E-state index in [1.54, 1.807) is 6.20 Å². The van der Waals surface area contributed by atoms with Crippen LogP contribution in [-0.4, -0.2) is 26.5 Å². The zero-order chi connectivity index (χ0) is 22.9. The Balaban J connectivity index is 1.40. The molecule has 0 saturated heterocycles. The van der Waals surface area contributed by atoms with E-state index >= 15 is 0 Å². The minimum absolute atomic E-state index is 0.335. The van der Waals surface area contributed by atoms with Gasteiger partial charge in [0.15, 0.2) is 11.6 Å². The predicted molar refractivity (Wildman–Crippen MR) is 136 cm³/mol. The summed E-state index contributed by atoms with van der Waals surface area (Å²) < 4.78 is 0. The van der Waals surface area contributed by atoms with Gasteiger partial charge >= 0.3 is 0 Å². The second kappa shape index (κ2) is 8.56. The highest BCUT2D eigenvalue weighted by molar-refractivity contribution is 5.88. The number of benzene rings is 2. The molecule has 5 aromatic rings. The van der Waals surface area contributed by atoms with Crippen LogP contribution in [0.2, 0.25) is 0 Å². The van der Waals surface area contributed by atoms with Crippen LogP contribution in [0.5, 0.6) is 0 Å². The first-order valence-electron chi connectivity index (χ1n) is 11.5. The fourth-order valence-corrected chi connectivity index (χ4v) is 4.71. The van der Waals surface area contributed by atoms with Crippen LogP contribution in [0.3, 0.4) is 0 Å². The SMILES string of the molecule is Nc1nc(-c2ccccc2)c(-c2ccc3ncccc3c2)nc1NCC1CCc2cccnc21. The van der Waals surface area contributed by atoms with Crippen LogP contribution >= 0.6 is 0 Å². The van der Waals surface area contributed by atoms with E-state index in [1.165, 1.54) is 11.3 Å². The largest absolute Gasteiger partial charge is 0.381 e. The van der Waals surface area contributed by atoms with Gasteiger partial charge in [-0.25, -0.2) is 9.97 Å². The molecule has 3 heterocycles. The van der Waals surface area contributed by atoms with Crippen molar-refractivity contribution in [3.63, 3.8) is 0 Å². The fourth-order valence-electron chi connectivity index (χ4n) is 4.71. The summed E-state index contributed by atoms with van der Waals surface area (Å²) in [7, 11) is 0. The van der Waals surface area contributed by atoms with Crippen LogP contribution in [-0.2, 0) is 6.42 Å². The van der Waals surface area contributed by atoms with Crippen molar-refractivity contribution >= 4 is 22.5 Å². The summed E-state index contributed by atoms with van der Waals surface area (Å²) in [4.78, 5) is 18.9. The van der Waals surface area contributed by atoms with E-state index in [-0.39, 0.29) is 0 Å². The predicted octanol–water partition coefficient (Wildman–Crippen LogP) is 5.48. The van der Waals surface area contributed by atoms with Crippen molar-refractivity contribution in [3.8, 4) is 22.5 Å². The van der Waals surface area contributed by atoms with E-state index in [4.69, 9.17) is 15.7 Å². The van der Waals surface area contributed by atoms with Crippen LogP contribution in [0.25, 0.3) is 33.4 Å². The summed E-state index contributed by atoms with van der Waals surface area (Å²) in [6, 6.07) is 24.4. The van der Waals surface area contributed by atoms with Gasteiger partial charge in [-0.15, -0.1) is 0 Å². The van der Waals surface area contributed by atoms with E-state index in [0.717, 1.165) is 46.3 Å². The first kappa shape index (κ1) is 20.3. The number of rotatable bonds is 5. The van der Waals surface area contributed by atoms with E-state index in [2.05, 4.69) is 33.5 Å². The van der Waals surface area contributed by atoms with Gasteiger partial charge in [-0.2, -0.15) is 0 Å². The van der Waals surface area contributed by atoms with Gasteiger partial charge in [-0.05, 0) is 42.7 Å². The maximum absolute atomic E-state index is 6.41. The van der Waals surface area contributed by atoms with Gasteiger partial charge in [-0.1, -0.05) is 48.5 Å². The molecule has 34 heavy (non-hydrogen) atoms. The lowest BCUT2D eigenvalue weighted by Crippen LogP contribution is -2.15. The molecule has 6 rings (SSSR count). The maximum atomic E-state index is 6.41. The Morgan fingerprint density at radius 3 is 2.56 bits per heavy atom. The summed E-state index contributed by atoms with van der Waals surface area (Å²) >= 11 is 0. The lowest BCUT2D eigenvalue weighted by atomic mass is 10.0. The van der Waals surface area contributed by atoms with Crippen molar-refractivity contribution in [2.45, 2.75) is 18.8 Å². The molecule has 0 bridgehead atoms. The Labute approximate surface area is 198 Å². The van der Waals surface area contributed by atoms with Gasteiger partial charge in [0.05, 0.1) is 16.9 Å². The average molecular weight is 445 g/mol. The van der Waals surface area contributed by atoms with Crippen molar-refractivity contribution < 1.29 is 0 Å². The molecule has 1 unspecified atom stereocenters. The number of pyridine rings is 2. The molecule has 0 spiro atoms. The molecule has 6 nitrogen and oxygen atoms in total. The topological polar surface area (TPSA) is 89.6 Å². The molecule has 0 saturated carbocycles. The van der Waals surface area contributed by atoms with Crippen molar-refractivity contribution in [2.24, 2.45) is 0 Å². The molecule has 2 aromatic carbocycles. The molecule has 0 fully saturated rings. The Hall–Kier alpha value is -4.32. The highest BCUT2D eigenvalue weighted by Crippen LogP contribution is 2.35. The van der Waals surface area contributed by atoms with Gasteiger partial charge in [-0.3, -0.25) is 9.97 Å². The molecule has 3 aromatic heterocycles. The van der Waals surface area contributed by atoms with Gasteiger partial charge in [0.1, 0.15) is 0 Å². The van der Waals surface area contributed by atoms with Crippen molar-refractivity contribution in [1.82, 2.24) is 19.9 Å². The summed E-state index contributed by atoms with van der Waals surface area (Å²) in [5.74, 6) is 1.33. The standard InChI is InChI=1S/C28H24N6/c29-27-28(32-17-22-11-10-19-8-4-15-31-24(19)22)34-26(25(33-27)18-6-2-1-3-7-18)21-12-13-23-20(16-21)9-5-14-30-23/h1-9,12-16,22H,10-11,17H2,(H2,29,33)(H,32,34). The molecule has 1 aliphatic rings. The van der Waals surface area contributed by atoms with E-state index in [0.29, 0.717) is 24.1 Å². The molecular formula is C28H24N6. The lowest BCUT2D eigenvalue weighted by Gasteiger charge is -2.17. The van der Waals surface area contributed by atoms with Crippen LogP contribution in [0, 0.1) is 0 Å². The minimum Gasteiger partial charge on any atom is -0.381 e. The molecule has 166 valence electrons. The minimum atomic E-state index is 0.335. The van der Waals surface area contributed by atoms with Crippen LogP contribution in [0.1, 0.15) is 23.6 Å². The smallest absolute Gasteiger partial charge is 0.169 e. The van der Waals surface area contributed by atoms with Crippen molar-refractivity contribution in [2.75, 3.05) is 17.6 Å². The molecule has 3 N–H and O–H groups in total. The third-order valence-electron chi connectivity index (χ3n) is 6.44. The maximum Gasteiger partial charge on any atom is 0.169 e. The van der Waals surface area contributed by atoms with Gasteiger partial charge in [0, 0.05) is 47.1 Å².